The molecule has 0 radical (unpaired) electrons. The number of hydrogen-bond donors (Lipinski definition) is 6. The van der Waals surface area contributed by atoms with Crippen molar-refractivity contribution in [3.63, 3.8) is 0 Å². The van der Waals surface area contributed by atoms with Gasteiger partial charge in [-0.2, -0.15) is 0 Å². The SMILES string of the molecule is Nc1ncnc2c1ncn2C1OC(COC(C(=O)O)P(=O)(O)O)C(O)C1O. The molecule has 1 aliphatic heterocycles. The molecule has 2 aromatic rings. The number of ether oxygens (including phenoxy) is 2. The van der Waals surface area contributed by atoms with E-state index in [-0.39, 0.29) is 17.0 Å². The predicted octanol–water partition coefficient (Wildman–Crippen LogP) is -2.37. The first-order chi connectivity index (χ1) is 12.6. The number of carboxylic acids is 1. The van der Waals surface area contributed by atoms with Crippen molar-refractivity contribution in [1.82, 2.24) is 19.5 Å². The van der Waals surface area contributed by atoms with Crippen LogP contribution in [0.15, 0.2) is 12.7 Å². The number of carboxylic acid groups (broad SMARTS) is 1. The Hall–Kier alpha value is -2.19. The lowest BCUT2D eigenvalue weighted by atomic mass is 10.1. The van der Waals surface area contributed by atoms with E-state index in [0.717, 1.165) is 0 Å². The van der Waals surface area contributed by atoms with Gasteiger partial charge in [0.1, 0.15) is 30.2 Å². The summed E-state index contributed by atoms with van der Waals surface area (Å²) in [6, 6.07) is 0. The molecule has 0 spiro atoms. The number of fused-ring (bicyclic) bond motifs is 1. The van der Waals surface area contributed by atoms with Crippen LogP contribution in [0.4, 0.5) is 5.82 Å². The molecule has 7 N–H and O–H groups in total. The highest BCUT2D eigenvalue weighted by atomic mass is 31.2. The fourth-order valence-electron chi connectivity index (χ4n) is 2.65. The maximum Gasteiger partial charge on any atom is 0.365 e. The van der Waals surface area contributed by atoms with Crippen LogP contribution in [0, 0.1) is 0 Å². The molecule has 0 amide bonds. The van der Waals surface area contributed by atoms with Gasteiger partial charge in [-0.05, 0) is 0 Å². The molecule has 5 atom stereocenters. The summed E-state index contributed by atoms with van der Waals surface area (Å²) in [6.45, 7) is -0.694. The lowest BCUT2D eigenvalue weighted by molar-refractivity contribution is -0.149. The van der Waals surface area contributed by atoms with Crippen molar-refractivity contribution in [2.75, 3.05) is 12.3 Å². The standard InChI is InChI=1S/C12H16N5O9P/c13-8-5-9(15-2-14-8)17(3-16-5)10-7(19)6(18)4(26-10)1-25-12(11(20)21)27(22,23)24/h2-4,6-7,10,12,18-19H,1H2,(H,20,21)(H2,13,14,15)(H2,22,23,24). The first kappa shape index (κ1) is 19.6. The quantitative estimate of drug-likeness (QED) is 0.277. The van der Waals surface area contributed by atoms with Crippen molar-refractivity contribution in [2.24, 2.45) is 0 Å². The zero-order valence-electron chi connectivity index (χ0n) is 13.4. The van der Waals surface area contributed by atoms with Gasteiger partial charge in [0.05, 0.1) is 12.9 Å². The Kier molecular flexibility index (Phi) is 5.14. The van der Waals surface area contributed by atoms with Crippen molar-refractivity contribution >= 4 is 30.5 Å². The number of aliphatic carboxylic acids is 1. The number of nitrogens with zero attached hydrogens (tertiary/aromatic N) is 4. The number of hydrogen-bond acceptors (Lipinski definition) is 10. The Balaban J connectivity index is 1.78. The average molecular weight is 405 g/mol. The zero-order chi connectivity index (χ0) is 19.9. The molecule has 1 aliphatic rings. The van der Waals surface area contributed by atoms with E-state index in [2.05, 4.69) is 15.0 Å². The second kappa shape index (κ2) is 7.09. The topological polar surface area (TPSA) is 223 Å². The molecule has 3 heterocycles. The van der Waals surface area contributed by atoms with Gasteiger partial charge in [-0.3, -0.25) is 9.13 Å². The van der Waals surface area contributed by atoms with Crippen LogP contribution in [-0.2, 0) is 18.8 Å². The molecule has 1 saturated heterocycles. The normalized spacial score (nSPS) is 27.1. The summed E-state index contributed by atoms with van der Waals surface area (Å²) >= 11 is 0. The van der Waals surface area contributed by atoms with Crippen LogP contribution in [0.5, 0.6) is 0 Å². The Morgan fingerprint density at radius 3 is 2.67 bits per heavy atom. The minimum atomic E-state index is -5.09. The van der Waals surface area contributed by atoms with E-state index in [9.17, 15) is 19.6 Å². The van der Waals surface area contributed by atoms with E-state index in [1.807, 2.05) is 0 Å². The van der Waals surface area contributed by atoms with Crippen LogP contribution in [0.3, 0.4) is 0 Å². The number of imidazole rings is 1. The third-order valence-corrected chi connectivity index (χ3v) is 4.91. The molecule has 27 heavy (non-hydrogen) atoms. The molecule has 0 bridgehead atoms. The Labute approximate surface area is 150 Å². The molecule has 3 rings (SSSR count). The van der Waals surface area contributed by atoms with Crippen LogP contribution in [0.25, 0.3) is 11.2 Å². The van der Waals surface area contributed by atoms with Gasteiger partial charge in [-0.1, -0.05) is 0 Å². The summed E-state index contributed by atoms with van der Waals surface area (Å²) < 4.78 is 22.6. The number of aliphatic hydroxyl groups is 2. The van der Waals surface area contributed by atoms with Crippen molar-refractivity contribution < 1.29 is 43.9 Å². The Morgan fingerprint density at radius 1 is 1.33 bits per heavy atom. The first-order valence-corrected chi connectivity index (χ1v) is 9.13. The van der Waals surface area contributed by atoms with E-state index in [1.54, 1.807) is 0 Å². The number of nitrogens with two attached hydrogens (primary N) is 1. The highest BCUT2D eigenvalue weighted by Crippen LogP contribution is 2.42. The van der Waals surface area contributed by atoms with Gasteiger partial charge in [-0.25, -0.2) is 19.7 Å². The first-order valence-electron chi connectivity index (χ1n) is 7.45. The van der Waals surface area contributed by atoms with Crippen molar-refractivity contribution in [2.45, 2.75) is 30.4 Å². The molecule has 148 valence electrons. The van der Waals surface area contributed by atoms with Gasteiger partial charge >= 0.3 is 13.6 Å². The molecule has 0 aliphatic carbocycles. The molecule has 15 heteroatoms. The molecule has 14 nitrogen and oxygen atoms in total. The number of anilines is 1. The van der Waals surface area contributed by atoms with Gasteiger partial charge in [0.15, 0.2) is 17.7 Å². The van der Waals surface area contributed by atoms with Gasteiger partial charge < -0.3 is 40.3 Å². The lowest BCUT2D eigenvalue weighted by Gasteiger charge is -2.19. The minimum Gasteiger partial charge on any atom is -0.479 e. The van der Waals surface area contributed by atoms with E-state index in [4.69, 9.17) is 30.1 Å². The second-order valence-electron chi connectivity index (χ2n) is 5.74. The van der Waals surface area contributed by atoms with Gasteiger partial charge in [0.25, 0.3) is 5.85 Å². The molecule has 1 fully saturated rings. The average Bonchev–Trinajstić information content (AvgIpc) is 3.11. The zero-order valence-corrected chi connectivity index (χ0v) is 14.3. The largest absolute Gasteiger partial charge is 0.479 e. The Bertz CT molecular complexity index is 901. The summed E-state index contributed by atoms with van der Waals surface area (Å²) in [7, 11) is -5.09. The fraction of sp³-hybridized carbons (Fsp3) is 0.500. The maximum absolute atomic E-state index is 11.2. The molecule has 2 aromatic heterocycles. The predicted molar refractivity (Wildman–Crippen MR) is 85.1 cm³/mol. The molecule has 0 aromatic carbocycles. The molecular formula is C12H16N5O9P. The van der Waals surface area contributed by atoms with Crippen LogP contribution < -0.4 is 5.73 Å². The molecular weight excluding hydrogens is 389 g/mol. The summed E-state index contributed by atoms with van der Waals surface area (Å²) in [5.74, 6) is -4.20. The van der Waals surface area contributed by atoms with E-state index in [0.29, 0.717) is 0 Å². The third kappa shape index (κ3) is 3.64. The summed E-state index contributed by atoms with van der Waals surface area (Å²) in [5.41, 5.74) is 6.14. The minimum absolute atomic E-state index is 0.0950. The van der Waals surface area contributed by atoms with E-state index >= 15 is 0 Å². The maximum atomic E-state index is 11.2. The van der Waals surface area contributed by atoms with Crippen molar-refractivity contribution in [3.8, 4) is 0 Å². The van der Waals surface area contributed by atoms with E-state index in [1.165, 1.54) is 17.2 Å². The number of nitrogen functional groups attached to an aromatic ring is 1. The summed E-state index contributed by atoms with van der Waals surface area (Å²) in [4.78, 5) is 40.7. The van der Waals surface area contributed by atoms with Gasteiger partial charge in [-0.15, -0.1) is 0 Å². The number of carbonyl (C=O) groups is 1. The number of rotatable bonds is 6. The smallest absolute Gasteiger partial charge is 0.365 e. The van der Waals surface area contributed by atoms with Gasteiger partial charge in [0.2, 0.25) is 0 Å². The highest BCUT2D eigenvalue weighted by molar-refractivity contribution is 7.53. The molecule has 0 saturated carbocycles. The monoisotopic (exact) mass is 405 g/mol. The third-order valence-electron chi connectivity index (χ3n) is 3.93. The van der Waals surface area contributed by atoms with Crippen LogP contribution in [0.1, 0.15) is 6.23 Å². The van der Waals surface area contributed by atoms with Crippen molar-refractivity contribution in [3.05, 3.63) is 12.7 Å². The van der Waals surface area contributed by atoms with Crippen molar-refractivity contribution in [1.29, 1.82) is 0 Å². The number of aliphatic hydroxyl groups excluding tert-OH is 2. The van der Waals surface area contributed by atoms with Crippen LogP contribution in [-0.4, -0.2) is 81.4 Å². The lowest BCUT2D eigenvalue weighted by Crippen LogP contribution is -2.36. The molecule has 5 unspecified atom stereocenters. The Morgan fingerprint density at radius 2 is 2.04 bits per heavy atom. The van der Waals surface area contributed by atoms with Gasteiger partial charge in [0, 0.05) is 0 Å². The summed E-state index contributed by atoms with van der Waals surface area (Å²) in [6.07, 6.45) is -3.02. The van der Waals surface area contributed by atoms with Crippen LogP contribution >= 0.6 is 7.60 Å². The summed E-state index contributed by atoms with van der Waals surface area (Å²) in [5, 5.41) is 29.2. The second-order valence-corrected chi connectivity index (χ2v) is 7.39. The van der Waals surface area contributed by atoms with E-state index < -0.39 is 50.6 Å². The fourth-order valence-corrected chi connectivity index (χ4v) is 3.22. The highest BCUT2D eigenvalue weighted by Gasteiger charge is 2.46. The number of aromatic nitrogens is 4. The van der Waals surface area contributed by atoms with Crippen LogP contribution in [0.2, 0.25) is 0 Å².